The maximum atomic E-state index is 10.9. The molecule has 16 heavy (non-hydrogen) atoms. The van der Waals surface area contributed by atoms with Gasteiger partial charge in [-0.1, -0.05) is 12.1 Å². The lowest BCUT2D eigenvalue weighted by molar-refractivity contribution is -0.0757. The number of nitrogens with zero attached hydrogens (tertiary/aromatic N) is 1. The summed E-state index contributed by atoms with van der Waals surface area (Å²) < 4.78 is 5.23. The Morgan fingerprint density at radius 1 is 1.62 bits per heavy atom. The number of carbonyl (C=O) groups excluding carboxylic acids is 1. The third kappa shape index (κ3) is 1.59. The first-order chi connectivity index (χ1) is 7.65. The SMILES string of the molecule is COc1cccc2c1CCC2N(O)C(N)=O. The van der Waals surface area contributed by atoms with Crippen molar-refractivity contribution in [3.63, 3.8) is 0 Å². The number of primary amides is 1. The molecule has 3 N–H and O–H groups in total. The number of urea groups is 1. The molecular formula is C11H14N2O3. The number of hydrogen-bond donors (Lipinski definition) is 2. The second kappa shape index (κ2) is 4.02. The van der Waals surface area contributed by atoms with Crippen LogP contribution < -0.4 is 10.5 Å². The van der Waals surface area contributed by atoms with Gasteiger partial charge in [0.15, 0.2) is 0 Å². The zero-order chi connectivity index (χ0) is 11.7. The molecule has 1 aromatic rings. The van der Waals surface area contributed by atoms with Gasteiger partial charge < -0.3 is 10.5 Å². The Bertz CT molecular complexity index is 420. The first-order valence-electron chi connectivity index (χ1n) is 5.08. The minimum Gasteiger partial charge on any atom is -0.496 e. The predicted molar refractivity (Wildman–Crippen MR) is 57.3 cm³/mol. The molecule has 2 amide bonds. The lowest BCUT2D eigenvalue weighted by Crippen LogP contribution is -2.35. The molecule has 1 aliphatic carbocycles. The maximum Gasteiger partial charge on any atom is 0.339 e. The van der Waals surface area contributed by atoms with Crippen LogP contribution in [-0.2, 0) is 6.42 Å². The molecule has 0 fully saturated rings. The molecule has 1 aromatic carbocycles. The highest BCUT2D eigenvalue weighted by molar-refractivity contribution is 5.71. The monoisotopic (exact) mass is 222 g/mol. The highest BCUT2D eigenvalue weighted by Gasteiger charge is 2.31. The zero-order valence-electron chi connectivity index (χ0n) is 9.01. The highest BCUT2D eigenvalue weighted by Crippen LogP contribution is 2.39. The van der Waals surface area contributed by atoms with Crippen molar-refractivity contribution in [2.24, 2.45) is 5.73 Å². The molecule has 1 unspecified atom stereocenters. The molecule has 2 rings (SSSR count). The summed E-state index contributed by atoms with van der Waals surface area (Å²) in [4.78, 5) is 10.9. The number of carbonyl (C=O) groups is 1. The second-order valence-electron chi connectivity index (χ2n) is 3.77. The second-order valence-corrected chi connectivity index (χ2v) is 3.77. The van der Waals surface area contributed by atoms with Crippen LogP contribution in [0.5, 0.6) is 5.75 Å². The molecule has 86 valence electrons. The van der Waals surface area contributed by atoms with Crippen LogP contribution in [0.15, 0.2) is 18.2 Å². The van der Waals surface area contributed by atoms with Crippen LogP contribution in [0, 0.1) is 0 Å². The summed E-state index contributed by atoms with van der Waals surface area (Å²) in [5.41, 5.74) is 6.99. The van der Waals surface area contributed by atoms with Crippen LogP contribution in [0.4, 0.5) is 4.79 Å². The molecule has 1 aliphatic rings. The average Bonchev–Trinajstić information content (AvgIpc) is 2.71. The number of benzene rings is 1. The first-order valence-corrected chi connectivity index (χ1v) is 5.08. The fourth-order valence-electron chi connectivity index (χ4n) is 2.20. The van der Waals surface area contributed by atoms with E-state index in [-0.39, 0.29) is 6.04 Å². The molecule has 5 nitrogen and oxygen atoms in total. The summed E-state index contributed by atoms with van der Waals surface area (Å²) in [5, 5.41) is 10.1. The van der Waals surface area contributed by atoms with Gasteiger partial charge in [-0.15, -0.1) is 0 Å². The molecule has 0 aromatic heterocycles. The molecule has 0 heterocycles. The molecule has 0 saturated carbocycles. The van der Waals surface area contributed by atoms with E-state index in [0.717, 1.165) is 23.3 Å². The molecule has 0 radical (unpaired) electrons. The van der Waals surface area contributed by atoms with Gasteiger partial charge in [-0.25, -0.2) is 4.79 Å². The number of hydroxylamine groups is 2. The van der Waals surface area contributed by atoms with Gasteiger partial charge in [-0.05, 0) is 30.0 Å². The molecule has 0 saturated heterocycles. The van der Waals surface area contributed by atoms with Crippen LogP contribution in [0.3, 0.4) is 0 Å². The Morgan fingerprint density at radius 2 is 2.38 bits per heavy atom. The quantitative estimate of drug-likeness (QED) is 0.587. The standard InChI is InChI=1S/C11H14N2O3/c1-16-10-4-2-3-7-8(10)5-6-9(7)13(15)11(12)14/h2-4,9,15H,5-6H2,1H3,(H2,12,14). The maximum absolute atomic E-state index is 10.9. The molecule has 1 atom stereocenters. The van der Waals surface area contributed by atoms with E-state index in [0.29, 0.717) is 11.5 Å². The largest absolute Gasteiger partial charge is 0.496 e. The Labute approximate surface area is 93.4 Å². The van der Waals surface area contributed by atoms with Gasteiger partial charge in [0, 0.05) is 0 Å². The lowest BCUT2D eigenvalue weighted by atomic mass is 10.1. The highest BCUT2D eigenvalue weighted by atomic mass is 16.5. The fourth-order valence-corrected chi connectivity index (χ4v) is 2.20. The fraction of sp³-hybridized carbons (Fsp3) is 0.364. The van der Waals surface area contributed by atoms with Gasteiger partial charge in [0.1, 0.15) is 5.75 Å². The van der Waals surface area contributed by atoms with Crippen molar-refractivity contribution >= 4 is 6.03 Å². The van der Waals surface area contributed by atoms with Crippen LogP contribution in [0.1, 0.15) is 23.6 Å². The minimum absolute atomic E-state index is 0.359. The lowest BCUT2D eigenvalue weighted by Gasteiger charge is -2.20. The van der Waals surface area contributed by atoms with Crippen molar-refractivity contribution in [1.82, 2.24) is 5.06 Å². The van der Waals surface area contributed by atoms with E-state index in [2.05, 4.69) is 0 Å². The number of ether oxygens (including phenoxy) is 1. The van der Waals surface area contributed by atoms with E-state index in [4.69, 9.17) is 10.5 Å². The van der Waals surface area contributed by atoms with Crippen molar-refractivity contribution in [3.8, 4) is 5.75 Å². The van der Waals surface area contributed by atoms with Crippen molar-refractivity contribution in [2.45, 2.75) is 18.9 Å². The van der Waals surface area contributed by atoms with Crippen LogP contribution >= 0.6 is 0 Å². The summed E-state index contributed by atoms with van der Waals surface area (Å²) in [5.74, 6) is 0.790. The molecular weight excluding hydrogens is 208 g/mol. The van der Waals surface area contributed by atoms with Crippen molar-refractivity contribution in [1.29, 1.82) is 0 Å². The summed E-state index contributed by atoms with van der Waals surface area (Å²) in [6, 6.07) is 4.39. The summed E-state index contributed by atoms with van der Waals surface area (Å²) >= 11 is 0. The van der Waals surface area contributed by atoms with E-state index in [1.807, 2.05) is 18.2 Å². The van der Waals surface area contributed by atoms with Gasteiger partial charge >= 0.3 is 6.03 Å². The van der Waals surface area contributed by atoms with Crippen LogP contribution in [-0.4, -0.2) is 23.4 Å². The normalized spacial score (nSPS) is 18.0. The molecule has 5 heteroatoms. The summed E-state index contributed by atoms with van der Waals surface area (Å²) in [7, 11) is 1.60. The Hall–Kier alpha value is -1.75. The molecule has 0 spiro atoms. The van der Waals surface area contributed by atoms with E-state index in [9.17, 15) is 10.0 Å². The smallest absolute Gasteiger partial charge is 0.339 e. The average molecular weight is 222 g/mol. The minimum atomic E-state index is -0.833. The Morgan fingerprint density at radius 3 is 3.00 bits per heavy atom. The van der Waals surface area contributed by atoms with E-state index >= 15 is 0 Å². The van der Waals surface area contributed by atoms with Crippen LogP contribution in [0.25, 0.3) is 0 Å². The van der Waals surface area contributed by atoms with E-state index in [1.165, 1.54) is 0 Å². The van der Waals surface area contributed by atoms with E-state index in [1.54, 1.807) is 7.11 Å². The van der Waals surface area contributed by atoms with Gasteiger partial charge in [-0.2, -0.15) is 5.06 Å². The zero-order valence-corrected chi connectivity index (χ0v) is 9.01. The number of fused-ring (bicyclic) bond motifs is 1. The number of amides is 2. The van der Waals surface area contributed by atoms with Crippen LogP contribution in [0.2, 0.25) is 0 Å². The number of hydrogen-bond acceptors (Lipinski definition) is 3. The number of rotatable bonds is 2. The summed E-state index contributed by atoms with van der Waals surface area (Å²) in [6.07, 6.45) is 1.43. The van der Waals surface area contributed by atoms with Gasteiger partial charge in [0.25, 0.3) is 0 Å². The van der Waals surface area contributed by atoms with Gasteiger partial charge in [0.2, 0.25) is 0 Å². The van der Waals surface area contributed by atoms with E-state index < -0.39 is 6.03 Å². The topological polar surface area (TPSA) is 75.8 Å². The predicted octanol–water partition coefficient (Wildman–Crippen LogP) is 1.45. The molecule has 0 aliphatic heterocycles. The summed E-state index contributed by atoms with van der Waals surface area (Å²) in [6.45, 7) is 0. The first kappa shape index (κ1) is 10.8. The third-order valence-electron chi connectivity index (χ3n) is 2.94. The van der Waals surface area contributed by atoms with Gasteiger partial charge in [-0.3, -0.25) is 5.21 Å². The molecule has 0 bridgehead atoms. The van der Waals surface area contributed by atoms with Crippen molar-refractivity contribution < 1.29 is 14.7 Å². The Kier molecular flexibility index (Phi) is 2.70. The number of methoxy groups -OCH3 is 1. The number of nitrogens with two attached hydrogens (primary N) is 1. The van der Waals surface area contributed by atoms with Crippen molar-refractivity contribution in [2.75, 3.05) is 7.11 Å². The third-order valence-corrected chi connectivity index (χ3v) is 2.94. The Balaban J connectivity index is 2.37. The van der Waals surface area contributed by atoms with Crippen molar-refractivity contribution in [3.05, 3.63) is 29.3 Å². The van der Waals surface area contributed by atoms with Gasteiger partial charge in [0.05, 0.1) is 13.2 Å².